The normalized spacial score (nSPS) is 28.5. The number of rotatable bonds is 3. The molecule has 0 amide bonds. The van der Waals surface area contributed by atoms with Gasteiger partial charge >= 0.3 is 0 Å². The van der Waals surface area contributed by atoms with Crippen molar-refractivity contribution in [2.75, 3.05) is 26.7 Å². The Morgan fingerprint density at radius 1 is 1.15 bits per heavy atom. The highest BCUT2D eigenvalue weighted by molar-refractivity contribution is 6.30. The molecule has 1 heterocycles. The zero-order valence-corrected chi connectivity index (χ0v) is 17.1. The molecule has 2 aromatic carbocycles. The summed E-state index contributed by atoms with van der Waals surface area (Å²) in [5, 5.41) is 4.44. The molecule has 1 saturated heterocycles. The summed E-state index contributed by atoms with van der Waals surface area (Å²) in [6.45, 7) is 7.72. The van der Waals surface area contributed by atoms with Gasteiger partial charge in [-0.05, 0) is 60.3 Å². The molecule has 1 aliphatic heterocycles. The summed E-state index contributed by atoms with van der Waals surface area (Å²) in [5.74, 6) is 0.992. The molecule has 1 N–H and O–H groups in total. The smallest absolute Gasteiger partial charge is 0.123 e. The molecule has 144 valence electrons. The second-order valence-electron chi connectivity index (χ2n) is 8.41. The van der Waals surface area contributed by atoms with Gasteiger partial charge in [-0.15, -0.1) is 0 Å². The zero-order chi connectivity index (χ0) is 19.2. The molecule has 1 fully saturated rings. The first-order chi connectivity index (χ1) is 12.9. The van der Waals surface area contributed by atoms with Crippen LogP contribution < -0.4 is 5.32 Å². The number of halogens is 2. The highest BCUT2D eigenvalue weighted by Gasteiger charge is 2.50. The van der Waals surface area contributed by atoms with E-state index in [1.807, 2.05) is 18.2 Å². The summed E-state index contributed by atoms with van der Waals surface area (Å²) in [7, 11) is 2.26. The Morgan fingerprint density at radius 3 is 2.56 bits per heavy atom. The van der Waals surface area contributed by atoms with E-state index in [1.54, 1.807) is 12.1 Å². The van der Waals surface area contributed by atoms with Gasteiger partial charge in [-0.25, -0.2) is 4.39 Å². The molecule has 3 unspecified atom stereocenters. The monoisotopic (exact) mass is 386 g/mol. The first kappa shape index (κ1) is 18.9. The van der Waals surface area contributed by atoms with E-state index in [0.717, 1.165) is 31.1 Å². The predicted molar refractivity (Wildman–Crippen MR) is 110 cm³/mol. The fourth-order valence-corrected chi connectivity index (χ4v) is 5.63. The van der Waals surface area contributed by atoms with Gasteiger partial charge < -0.3 is 5.32 Å². The maximum absolute atomic E-state index is 13.5. The molecule has 2 nitrogen and oxygen atoms in total. The van der Waals surface area contributed by atoms with E-state index in [-0.39, 0.29) is 17.3 Å². The van der Waals surface area contributed by atoms with Crippen LogP contribution in [0.3, 0.4) is 0 Å². The van der Waals surface area contributed by atoms with Gasteiger partial charge in [0.25, 0.3) is 0 Å². The van der Waals surface area contributed by atoms with Crippen molar-refractivity contribution in [2.24, 2.45) is 5.92 Å². The van der Waals surface area contributed by atoms with Crippen LogP contribution in [0.15, 0.2) is 42.5 Å². The van der Waals surface area contributed by atoms with Gasteiger partial charge in [0.1, 0.15) is 5.82 Å². The van der Waals surface area contributed by atoms with E-state index in [9.17, 15) is 4.39 Å². The van der Waals surface area contributed by atoms with Gasteiger partial charge in [-0.3, -0.25) is 4.90 Å². The molecule has 3 atom stereocenters. The molecule has 0 radical (unpaired) electrons. The van der Waals surface area contributed by atoms with Gasteiger partial charge in [0, 0.05) is 42.0 Å². The van der Waals surface area contributed by atoms with Gasteiger partial charge in [-0.2, -0.15) is 0 Å². The van der Waals surface area contributed by atoms with Crippen molar-refractivity contribution in [1.82, 2.24) is 10.2 Å². The summed E-state index contributed by atoms with van der Waals surface area (Å²) in [6.07, 6.45) is 1.03. The molecule has 0 spiro atoms. The third-order valence-corrected chi connectivity index (χ3v) is 7.12. The van der Waals surface area contributed by atoms with Crippen LogP contribution >= 0.6 is 11.6 Å². The van der Waals surface area contributed by atoms with Crippen LogP contribution in [-0.4, -0.2) is 37.1 Å². The summed E-state index contributed by atoms with van der Waals surface area (Å²) in [6, 6.07) is 13.4. The van der Waals surface area contributed by atoms with Crippen molar-refractivity contribution in [2.45, 2.75) is 37.6 Å². The Kier molecular flexibility index (Phi) is 5.04. The van der Waals surface area contributed by atoms with Crippen molar-refractivity contribution in [3.05, 3.63) is 70.0 Å². The van der Waals surface area contributed by atoms with Crippen LogP contribution in [0.25, 0.3) is 0 Å². The summed E-state index contributed by atoms with van der Waals surface area (Å²) < 4.78 is 13.5. The van der Waals surface area contributed by atoms with Crippen molar-refractivity contribution in [3.8, 4) is 0 Å². The number of hydrogen-bond acceptors (Lipinski definition) is 2. The van der Waals surface area contributed by atoms with Crippen molar-refractivity contribution in [3.63, 3.8) is 0 Å². The fourth-order valence-electron chi connectivity index (χ4n) is 5.45. The average Bonchev–Trinajstić information content (AvgIpc) is 3.01. The number of piperazine rings is 1. The van der Waals surface area contributed by atoms with Gasteiger partial charge in [0.15, 0.2) is 0 Å². The largest absolute Gasteiger partial charge is 0.314 e. The van der Waals surface area contributed by atoms with Gasteiger partial charge in [-0.1, -0.05) is 43.6 Å². The molecule has 4 heteroatoms. The van der Waals surface area contributed by atoms with Crippen LogP contribution in [0, 0.1) is 11.7 Å². The Morgan fingerprint density at radius 2 is 1.89 bits per heavy atom. The minimum absolute atomic E-state index is 0.0481. The highest BCUT2D eigenvalue weighted by atomic mass is 35.5. The molecule has 27 heavy (non-hydrogen) atoms. The summed E-state index contributed by atoms with van der Waals surface area (Å²) in [4.78, 5) is 2.55. The predicted octanol–water partition coefficient (Wildman–Crippen LogP) is 5.03. The summed E-state index contributed by atoms with van der Waals surface area (Å²) in [5.41, 5.74) is 3.94. The Bertz CT molecular complexity index is 820. The fraction of sp³-hybridized carbons (Fsp3) is 0.478. The number of likely N-dealkylation sites (N-methyl/N-ethyl adjacent to an activating group) is 1. The molecule has 0 bridgehead atoms. The van der Waals surface area contributed by atoms with E-state index in [1.165, 1.54) is 16.7 Å². The van der Waals surface area contributed by atoms with E-state index in [2.05, 4.69) is 43.2 Å². The lowest BCUT2D eigenvalue weighted by molar-refractivity contribution is 0.0183. The van der Waals surface area contributed by atoms with Crippen LogP contribution in [0.5, 0.6) is 0 Å². The maximum Gasteiger partial charge on any atom is 0.123 e. The Balaban J connectivity index is 1.82. The summed E-state index contributed by atoms with van der Waals surface area (Å²) >= 11 is 6.42. The molecule has 0 saturated carbocycles. The lowest BCUT2D eigenvalue weighted by atomic mass is 9.70. The molecule has 0 aromatic heterocycles. The second-order valence-corrected chi connectivity index (χ2v) is 8.85. The molecular formula is C23H28ClFN2. The lowest BCUT2D eigenvalue weighted by Gasteiger charge is -2.53. The Labute approximate surface area is 166 Å². The van der Waals surface area contributed by atoms with Crippen molar-refractivity contribution >= 4 is 11.6 Å². The first-order valence-corrected chi connectivity index (χ1v) is 10.3. The van der Waals surface area contributed by atoms with Crippen LogP contribution in [-0.2, 0) is 0 Å². The van der Waals surface area contributed by atoms with E-state index >= 15 is 0 Å². The third kappa shape index (κ3) is 3.10. The second kappa shape index (κ2) is 7.20. The number of benzene rings is 2. The molecule has 1 aliphatic carbocycles. The van der Waals surface area contributed by atoms with E-state index in [0.29, 0.717) is 11.8 Å². The SMILES string of the molecule is CC(C)C1(C2CC(c3ccc(F)cc3)c3ccc(Cl)cc32)CNCCN1C. The minimum Gasteiger partial charge on any atom is -0.314 e. The van der Waals surface area contributed by atoms with Gasteiger partial charge in [0.05, 0.1) is 0 Å². The molecular weight excluding hydrogens is 359 g/mol. The van der Waals surface area contributed by atoms with Crippen LogP contribution in [0.4, 0.5) is 4.39 Å². The van der Waals surface area contributed by atoms with Crippen molar-refractivity contribution < 1.29 is 4.39 Å². The third-order valence-electron chi connectivity index (χ3n) is 6.89. The standard InChI is InChI=1S/C23H28ClFN2/c1-15(2)23(14-26-10-11-27(23)3)22-13-20(16-4-7-18(25)8-5-16)19-9-6-17(24)12-21(19)22/h4-9,12,15,20,22,26H,10-11,13-14H2,1-3H3. The van der Waals surface area contributed by atoms with Crippen LogP contribution in [0.2, 0.25) is 5.02 Å². The van der Waals surface area contributed by atoms with Crippen molar-refractivity contribution in [1.29, 1.82) is 0 Å². The molecule has 2 aromatic rings. The molecule has 2 aliphatic rings. The first-order valence-electron chi connectivity index (χ1n) is 9.90. The lowest BCUT2D eigenvalue weighted by Crippen LogP contribution is -2.65. The Hall–Kier alpha value is -1.42. The molecule has 4 rings (SSSR count). The van der Waals surface area contributed by atoms with E-state index < -0.39 is 0 Å². The van der Waals surface area contributed by atoms with E-state index in [4.69, 9.17) is 11.6 Å². The number of fused-ring (bicyclic) bond motifs is 1. The minimum atomic E-state index is -0.181. The number of nitrogens with one attached hydrogen (secondary N) is 1. The quantitative estimate of drug-likeness (QED) is 0.796. The topological polar surface area (TPSA) is 15.3 Å². The maximum atomic E-state index is 13.5. The van der Waals surface area contributed by atoms with Crippen LogP contribution in [0.1, 0.15) is 48.8 Å². The zero-order valence-electron chi connectivity index (χ0n) is 16.3. The van der Waals surface area contributed by atoms with Gasteiger partial charge in [0.2, 0.25) is 0 Å². The number of hydrogen-bond donors (Lipinski definition) is 1. The highest BCUT2D eigenvalue weighted by Crippen LogP contribution is 2.53. The average molecular weight is 387 g/mol. The number of nitrogens with zero attached hydrogens (tertiary/aromatic N) is 1.